The van der Waals surface area contributed by atoms with E-state index in [1.807, 2.05) is 0 Å². The Balaban J connectivity index is 0. The van der Waals surface area contributed by atoms with Crippen molar-refractivity contribution in [2.45, 2.75) is 0 Å². The van der Waals surface area contributed by atoms with E-state index in [4.69, 9.17) is 13.5 Å². The summed E-state index contributed by atoms with van der Waals surface area (Å²) >= 11 is 0. The van der Waals surface area contributed by atoms with E-state index in [0.29, 0.717) is 0 Å². The molecule has 0 aliphatic rings. The lowest BCUT2D eigenvalue weighted by molar-refractivity contribution is 1.49. The van der Waals surface area contributed by atoms with Crippen LogP contribution in [0.5, 0.6) is 0 Å². The summed E-state index contributed by atoms with van der Waals surface area (Å²) in [5.74, 6) is 0. The largest absolute Gasteiger partial charge is 0.181 e. The van der Waals surface area contributed by atoms with Crippen LogP contribution >= 0.6 is 0 Å². The minimum Gasteiger partial charge on any atom is -0.181 e. The van der Waals surface area contributed by atoms with Gasteiger partial charge in [-0.3, -0.25) is 0 Å². The maximum Gasteiger partial charge on any atom is 0.181 e. The van der Waals surface area contributed by atoms with E-state index in [1.54, 1.807) is 0 Å². The third-order valence-corrected chi connectivity index (χ3v) is 0.0500. The molecule has 0 aliphatic heterocycles. The molecule has 0 heterocycles. The predicted molar refractivity (Wildman–Crippen MR) is 13.3 cm³/mol. The first kappa shape index (κ1) is 1.32. The minimum atomic E-state index is 1.24. The fourth-order valence-corrected chi connectivity index (χ4v) is 0. The van der Waals surface area contributed by atoms with Crippen LogP contribution in [0.2, 0.25) is 0 Å². The highest BCUT2D eigenvalue weighted by molar-refractivity contribution is 4.99. The zero-order chi connectivity index (χ0) is 5.41. The quantitative estimate of drug-likeness (QED) is 0.398. The van der Waals surface area contributed by atoms with Crippen molar-refractivity contribution in [3.8, 4) is 12.1 Å². The first-order chi connectivity index (χ1) is 2.91. The first-order valence-electron chi connectivity index (χ1n) is 1.70. The van der Waals surface area contributed by atoms with Crippen LogP contribution < -0.4 is 0 Å². The normalized spacial score (nSPS) is 4.50. The highest BCUT2D eigenvalue weighted by Crippen LogP contribution is 1.27. The van der Waals surface area contributed by atoms with Crippen LogP contribution in [0.25, 0.3) is 0 Å². The Bertz CT molecular complexity index is 64.5. The predicted octanol–water partition coefficient (Wildman–Crippen LogP) is 0.280. The van der Waals surface area contributed by atoms with E-state index >= 15 is 0 Å². The molecule has 0 aromatic rings. The monoisotopic (exact) mass is 54.0 g/mol. The molecule has 0 saturated heterocycles. The Morgan fingerprint density at radius 2 is 1.75 bits per heavy atom. The van der Waals surface area contributed by atoms with Gasteiger partial charge in [0.15, 0.2) is 12.1 Å². The highest BCUT2D eigenvalue weighted by atomic mass is 14.3. The molecule has 0 aliphatic carbocycles. The molecule has 2 nitrogen and oxygen atoms in total. The van der Waals surface area contributed by atoms with Crippen molar-refractivity contribution in [3.63, 3.8) is 0 Å². The lowest BCUT2D eigenvalue weighted by Crippen LogP contribution is -1.26. The molecule has 4 heavy (non-hydrogen) atoms. The van der Waals surface area contributed by atoms with Crippen LogP contribution in [0, 0.1) is 22.7 Å². The molecule has 0 spiro atoms. The highest BCUT2D eigenvalue weighted by Gasteiger charge is 1.39. The lowest BCUT2D eigenvalue weighted by Gasteiger charge is -1.16. The van der Waals surface area contributed by atoms with Gasteiger partial charge in [0, 0.05) is 2.97 Å². The number of rotatable bonds is 0. The fourth-order valence-electron chi connectivity index (χ4n) is 0. The van der Waals surface area contributed by atoms with Gasteiger partial charge in [0.05, 0.1) is 0 Å². The molecule has 0 unspecified atom stereocenters. The summed E-state index contributed by atoms with van der Waals surface area (Å²) in [6.45, 7) is 0. The summed E-state index contributed by atoms with van der Waals surface area (Å²) in [6, 6.07) is 2.47. The Morgan fingerprint density at radius 3 is 1.75 bits per heavy atom. The van der Waals surface area contributed by atoms with Crippen molar-refractivity contribution in [1.29, 1.82) is 10.5 Å². The van der Waals surface area contributed by atoms with Crippen molar-refractivity contribution in [2.24, 2.45) is 0 Å². The molecule has 20 valence electrons. The summed E-state index contributed by atoms with van der Waals surface area (Å²) in [6.07, 6.45) is 0. The van der Waals surface area contributed by atoms with Gasteiger partial charge in [0.1, 0.15) is 0 Å². The van der Waals surface area contributed by atoms with Gasteiger partial charge in [-0.05, 0) is 0 Å². The fraction of sp³-hybridized carbons (Fsp3) is 0. The van der Waals surface area contributed by atoms with Gasteiger partial charge < -0.3 is 0 Å². The second kappa shape index (κ2) is 1.98. The summed E-state index contributed by atoms with van der Waals surface area (Å²) < 4.78 is 10.0. The first-order valence-corrected chi connectivity index (χ1v) is 0.697. The van der Waals surface area contributed by atoms with Crippen LogP contribution in [0.4, 0.5) is 0 Å². The van der Waals surface area contributed by atoms with Crippen LogP contribution in [0.1, 0.15) is 2.97 Å². The van der Waals surface area contributed by atoms with Crippen LogP contribution in [-0.2, 0) is 0 Å². The Kier molecular flexibility index (Phi) is 0.651. The molecule has 0 radical (unpaired) electrons. The van der Waals surface area contributed by atoms with Gasteiger partial charge >= 0.3 is 0 Å². The van der Waals surface area contributed by atoms with Crippen LogP contribution in [0.15, 0.2) is 0 Å². The summed E-state index contributed by atoms with van der Waals surface area (Å²) in [5.41, 5.74) is 0. The minimum absolute atomic E-state index is 1.24. The summed E-state index contributed by atoms with van der Waals surface area (Å²) in [7, 11) is 0. The maximum atomic E-state index is 7.26. The van der Waals surface area contributed by atoms with Crippen molar-refractivity contribution in [2.75, 3.05) is 0 Å². The molecule has 0 aromatic heterocycles. The molecule has 0 atom stereocenters. The van der Waals surface area contributed by atoms with E-state index in [-0.39, 0.29) is 0 Å². The van der Waals surface area contributed by atoms with Crippen molar-refractivity contribution < 1.29 is 2.97 Å². The zero-order valence-corrected chi connectivity index (χ0v) is 1.89. The molecule has 0 bridgehead atoms. The van der Waals surface area contributed by atoms with E-state index in [0.717, 1.165) is 0 Å². The van der Waals surface area contributed by atoms with Gasteiger partial charge in [-0.15, -0.1) is 0 Å². The summed E-state index contributed by atoms with van der Waals surface area (Å²) in [4.78, 5) is 0. The second-order valence-electron chi connectivity index (χ2n) is 0.224. The van der Waals surface area contributed by atoms with E-state index in [1.165, 1.54) is 12.1 Å². The van der Waals surface area contributed by atoms with E-state index < -0.39 is 0 Å². The molecule has 0 fully saturated rings. The Hall–Kier alpha value is -1.02. The second-order valence-corrected chi connectivity index (χ2v) is 0.224. The molecule has 2 heteroatoms. The molecular formula is C2H2N2. The molecule has 0 N–H and O–H groups in total. The third kappa shape index (κ3) is 0.980. The van der Waals surface area contributed by atoms with Crippen molar-refractivity contribution in [3.05, 3.63) is 0 Å². The number of hydrogen-bond donors (Lipinski definition) is 0. The topological polar surface area (TPSA) is 47.6 Å². The Morgan fingerprint density at radius 1 is 1.50 bits per heavy atom. The molecule has 0 amide bonds. The SMILES string of the molecule is N#CC#N.[H][H]. The average molecular weight is 54.1 g/mol. The number of hydrogen-bond acceptors (Lipinski definition) is 2. The maximum absolute atomic E-state index is 7.26. The lowest BCUT2D eigenvalue weighted by atomic mass is 10.9. The number of nitrogens with zero attached hydrogens (tertiary/aromatic N) is 2. The van der Waals surface area contributed by atoms with Gasteiger partial charge in [-0.1, -0.05) is 0 Å². The third-order valence-electron chi connectivity index (χ3n) is 0.0500. The molecule has 0 rings (SSSR count). The van der Waals surface area contributed by atoms with Gasteiger partial charge in [-0.25, -0.2) is 0 Å². The molecule has 0 saturated carbocycles. The summed E-state index contributed by atoms with van der Waals surface area (Å²) in [5, 5.41) is 14.5. The van der Waals surface area contributed by atoms with Crippen molar-refractivity contribution >= 4 is 0 Å². The average Bonchev–Trinajstić information content (AvgIpc) is 1.72. The molecule has 0 aromatic carbocycles. The number of nitriles is 2. The van der Waals surface area contributed by atoms with Crippen molar-refractivity contribution in [1.82, 2.24) is 0 Å². The van der Waals surface area contributed by atoms with E-state index in [9.17, 15) is 0 Å². The van der Waals surface area contributed by atoms with E-state index in [2.05, 4.69) is 0 Å². The van der Waals surface area contributed by atoms with Gasteiger partial charge in [0.2, 0.25) is 0 Å². The van der Waals surface area contributed by atoms with Crippen LogP contribution in [-0.4, -0.2) is 0 Å². The van der Waals surface area contributed by atoms with Crippen LogP contribution in [0.3, 0.4) is 0 Å². The zero-order valence-electron chi connectivity index (χ0n) is 3.89. The Labute approximate surface area is 27.0 Å². The molecular weight excluding hydrogens is 52.0 g/mol. The van der Waals surface area contributed by atoms with Gasteiger partial charge in [-0.2, -0.15) is 10.5 Å². The smallest absolute Gasteiger partial charge is 0.181 e. The standard InChI is InChI=1S/C2N2.H2/c3-1-2-4;/h;1H. The van der Waals surface area contributed by atoms with Gasteiger partial charge in [0.25, 0.3) is 0 Å².